The molecule has 0 saturated carbocycles. The van der Waals surface area contributed by atoms with Crippen molar-refractivity contribution in [3.05, 3.63) is 64.7 Å². The van der Waals surface area contributed by atoms with Crippen LogP contribution in [0.25, 0.3) is 0 Å². The number of hydrogen-bond donors (Lipinski definition) is 2. The Balaban J connectivity index is 2.37. The van der Waals surface area contributed by atoms with Crippen molar-refractivity contribution in [1.82, 2.24) is 0 Å². The van der Waals surface area contributed by atoms with E-state index in [2.05, 4.69) is 5.32 Å². The van der Waals surface area contributed by atoms with Gasteiger partial charge in [-0.15, -0.1) is 0 Å². The standard InChI is InChI=1S/C16H17ClN2O/c1-11-3-9-14(10-4-11)19-16(2,15(18)20)12-5-7-13(17)8-6-12/h3-10,19H,1-2H3,(H2,18,20). The molecule has 0 saturated heterocycles. The quantitative estimate of drug-likeness (QED) is 0.905. The van der Waals surface area contributed by atoms with Crippen molar-refractivity contribution in [3.63, 3.8) is 0 Å². The predicted octanol–water partition coefficient (Wildman–Crippen LogP) is 3.46. The van der Waals surface area contributed by atoms with Crippen LogP contribution in [-0.2, 0) is 10.3 Å². The maximum Gasteiger partial charge on any atom is 0.247 e. The Kier molecular flexibility index (Phi) is 4.00. The molecule has 4 heteroatoms. The van der Waals surface area contributed by atoms with E-state index in [1.807, 2.05) is 31.2 Å². The van der Waals surface area contributed by atoms with E-state index in [0.717, 1.165) is 16.8 Å². The molecule has 1 amide bonds. The highest BCUT2D eigenvalue weighted by Crippen LogP contribution is 2.27. The number of benzene rings is 2. The van der Waals surface area contributed by atoms with E-state index in [4.69, 9.17) is 17.3 Å². The van der Waals surface area contributed by atoms with Gasteiger partial charge in [0.05, 0.1) is 0 Å². The molecular weight excluding hydrogens is 272 g/mol. The number of amides is 1. The summed E-state index contributed by atoms with van der Waals surface area (Å²) in [6.45, 7) is 3.77. The fourth-order valence-corrected chi connectivity index (χ4v) is 2.11. The lowest BCUT2D eigenvalue weighted by molar-refractivity contribution is -0.122. The Morgan fingerprint density at radius 1 is 1.10 bits per heavy atom. The van der Waals surface area contributed by atoms with Crippen LogP contribution < -0.4 is 11.1 Å². The Labute approximate surface area is 123 Å². The Hall–Kier alpha value is -2.00. The number of nitrogens with two attached hydrogens (primary N) is 1. The molecule has 0 bridgehead atoms. The molecule has 0 aliphatic heterocycles. The van der Waals surface area contributed by atoms with Crippen LogP contribution in [0.2, 0.25) is 5.02 Å². The van der Waals surface area contributed by atoms with E-state index in [1.54, 1.807) is 31.2 Å². The van der Waals surface area contributed by atoms with Gasteiger partial charge in [-0.1, -0.05) is 41.4 Å². The van der Waals surface area contributed by atoms with Crippen LogP contribution in [0, 0.1) is 6.92 Å². The molecule has 0 aromatic heterocycles. The maximum atomic E-state index is 11.9. The van der Waals surface area contributed by atoms with Gasteiger partial charge in [0.2, 0.25) is 5.91 Å². The molecule has 1 atom stereocenters. The highest BCUT2D eigenvalue weighted by Gasteiger charge is 2.33. The van der Waals surface area contributed by atoms with Crippen molar-refractivity contribution < 1.29 is 4.79 Å². The first kappa shape index (κ1) is 14.4. The molecule has 3 N–H and O–H groups in total. The second kappa shape index (κ2) is 5.55. The summed E-state index contributed by atoms with van der Waals surface area (Å²) in [7, 11) is 0. The van der Waals surface area contributed by atoms with E-state index >= 15 is 0 Å². The summed E-state index contributed by atoms with van der Waals surface area (Å²) >= 11 is 5.88. The molecule has 2 aromatic rings. The first-order valence-corrected chi connectivity index (χ1v) is 6.70. The topological polar surface area (TPSA) is 55.1 Å². The lowest BCUT2D eigenvalue weighted by Crippen LogP contribution is -2.45. The SMILES string of the molecule is Cc1ccc(NC(C)(C(N)=O)c2ccc(Cl)cc2)cc1. The third-order valence-electron chi connectivity index (χ3n) is 3.36. The first-order chi connectivity index (χ1) is 9.41. The fraction of sp³-hybridized carbons (Fsp3) is 0.188. The van der Waals surface area contributed by atoms with Gasteiger partial charge in [0, 0.05) is 10.7 Å². The van der Waals surface area contributed by atoms with Gasteiger partial charge >= 0.3 is 0 Å². The Morgan fingerprint density at radius 2 is 1.65 bits per heavy atom. The van der Waals surface area contributed by atoms with Crippen molar-refractivity contribution in [2.45, 2.75) is 19.4 Å². The summed E-state index contributed by atoms with van der Waals surface area (Å²) in [5.41, 5.74) is 7.37. The number of carbonyl (C=O) groups excluding carboxylic acids is 1. The van der Waals surface area contributed by atoms with Crippen LogP contribution in [0.1, 0.15) is 18.1 Å². The van der Waals surface area contributed by atoms with E-state index in [-0.39, 0.29) is 0 Å². The predicted molar refractivity (Wildman–Crippen MR) is 82.8 cm³/mol. The van der Waals surface area contributed by atoms with Gasteiger partial charge in [0.25, 0.3) is 0 Å². The minimum atomic E-state index is -0.986. The van der Waals surface area contributed by atoms with E-state index in [0.29, 0.717) is 5.02 Å². The number of aryl methyl sites for hydroxylation is 1. The number of anilines is 1. The monoisotopic (exact) mass is 288 g/mol. The summed E-state index contributed by atoms with van der Waals surface area (Å²) in [6, 6.07) is 14.9. The zero-order valence-electron chi connectivity index (χ0n) is 11.5. The highest BCUT2D eigenvalue weighted by atomic mass is 35.5. The average Bonchev–Trinajstić information content (AvgIpc) is 2.42. The average molecular weight is 289 g/mol. The number of halogens is 1. The van der Waals surface area contributed by atoms with Gasteiger partial charge in [0.15, 0.2) is 0 Å². The van der Waals surface area contributed by atoms with Crippen molar-refractivity contribution in [3.8, 4) is 0 Å². The van der Waals surface area contributed by atoms with Gasteiger partial charge in [-0.3, -0.25) is 4.79 Å². The summed E-state index contributed by atoms with van der Waals surface area (Å²) in [5, 5.41) is 3.82. The van der Waals surface area contributed by atoms with Crippen molar-refractivity contribution in [2.24, 2.45) is 5.73 Å². The molecule has 0 spiro atoms. The molecule has 2 rings (SSSR count). The normalized spacial score (nSPS) is 13.6. The molecule has 0 aliphatic carbocycles. The second-order valence-corrected chi connectivity index (χ2v) is 5.42. The minimum Gasteiger partial charge on any atom is -0.368 e. The molecule has 0 radical (unpaired) electrons. The van der Waals surface area contributed by atoms with E-state index < -0.39 is 11.4 Å². The van der Waals surface area contributed by atoms with Gasteiger partial charge in [0.1, 0.15) is 5.54 Å². The number of primary amides is 1. The summed E-state index contributed by atoms with van der Waals surface area (Å²) < 4.78 is 0. The summed E-state index contributed by atoms with van der Waals surface area (Å²) in [4.78, 5) is 11.9. The van der Waals surface area contributed by atoms with Crippen LogP contribution in [0.4, 0.5) is 5.69 Å². The molecule has 0 fully saturated rings. The number of rotatable bonds is 4. The Bertz CT molecular complexity index is 607. The van der Waals surface area contributed by atoms with Gasteiger partial charge < -0.3 is 11.1 Å². The number of hydrogen-bond acceptors (Lipinski definition) is 2. The van der Waals surface area contributed by atoms with E-state index in [1.165, 1.54) is 0 Å². The summed E-state index contributed by atoms with van der Waals surface area (Å²) in [5.74, 6) is -0.444. The van der Waals surface area contributed by atoms with Crippen LogP contribution >= 0.6 is 11.6 Å². The molecule has 2 aromatic carbocycles. The van der Waals surface area contributed by atoms with Crippen LogP contribution in [0.5, 0.6) is 0 Å². The van der Waals surface area contributed by atoms with Gasteiger partial charge in [-0.2, -0.15) is 0 Å². The molecule has 3 nitrogen and oxygen atoms in total. The lowest BCUT2D eigenvalue weighted by atomic mass is 9.91. The third kappa shape index (κ3) is 2.94. The largest absolute Gasteiger partial charge is 0.368 e. The number of nitrogens with one attached hydrogen (secondary N) is 1. The molecule has 104 valence electrons. The van der Waals surface area contributed by atoms with Crippen molar-refractivity contribution >= 4 is 23.2 Å². The summed E-state index contributed by atoms with van der Waals surface area (Å²) in [6.07, 6.45) is 0. The fourth-order valence-electron chi connectivity index (χ4n) is 1.98. The van der Waals surface area contributed by atoms with E-state index in [9.17, 15) is 4.79 Å². The van der Waals surface area contributed by atoms with Crippen LogP contribution in [-0.4, -0.2) is 5.91 Å². The molecule has 0 aliphatic rings. The zero-order valence-corrected chi connectivity index (χ0v) is 12.2. The second-order valence-electron chi connectivity index (χ2n) is 4.99. The molecule has 1 unspecified atom stereocenters. The maximum absolute atomic E-state index is 11.9. The zero-order chi connectivity index (χ0) is 14.8. The third-order valence-corrected chi connectivity index (χ3v) is 3.61. The first-order valence-electron chi connectivity index (χ1n) is 6.32. The van der Waals surface area contributed by atoms with Crippen LogP contribution in [0.15, 0.2) is 48.5 Å². The highest BCUT2D eigenvalue weighted by molar-refractivity contribution is 6.30. The Morgan fingerprint density at radius 3 is 2.15 bits per heavy atom. The molecule has 20 heavy (non-hydrogen) atoms. The van der Waals surface area contributed by atoms with Crippen molar-refractivity contribution in [1.29, 1.82) is 0 Å². The minimum absolute atomic E-state index is 0.444. The lowest BCUT2D eigenvalue weighted by Gasteiger charge is -2.29. The molecule has 0 heterocycles. The smallest absolute Gasteiger partial charge is 0.247 e. The molecular formula is C16H17ClN2O. The number of carbonyl (C=O) groups is 1. The van der Waals surface area contributed by atoms with Crippen molar-refractivity contribution in [2.75, 3.05) is 5.32 Å². The van der Waals surface area contributed by atoms with Gasteiger partial charge in [-0.25, -0.2) is 0 Å². The van der Waals surface area contributed by atoms with Gasteiger partial charge in [-0.05, 0) is 43.7 Å². The van der Waals surface area contributed by atoms with Crippen LogP contribution in [0.3, 0.4) is 0 Å².